The Bertz CT molecular complexity index is 694. The Morgan fingerprint density at radius 1 is 1.00 bits per heavy atom. The normalized spacial score (nSPS) is 11.0. The molecular weight excluding hydrogens is 302 g/mol. The lowest BCUT2D eigenvalue weighted by Crippen LogP contribution is -1.98. The van der Waals surface area contributed by atoms with Gasteiger partial charge in [-0.25, -0.2) is 0 Å². The monoisotopic (exact) mass is 325 g/mol. The van der Waals surface area contributed by atoms with Crippen LogP contribution in [0.2, 0.25) is 0 Å². The first-order valence-corrected chi connectivity index (χ1v) is 8.74. The van der Waals surface area contributed by atoms with Crippen molar-refractivity contribution in [2.75, 3.05) is 6.54 Å². The van der Waals surface area contributed by atoms with Crippen LogP contribution in [0.5, 0.6) is 5.75 Å². The van der Waals surface area contributed by atoms with Gasteiger partial charge in [-0.1, -0.05) is 50.5 Å². The van der Waals surface area contributed by atoms with Gasteiger partial charge in [-0.3, -0.25) is 4.55 Å². The van der Waals surface area contributed by atoms with Gasteiger partial charge in [-0.15, -0.1) is 0 Å². The number of phenolic OH excluding ortho intramolecular Hbond substituents is 1. The number of hydrogen-bond acceptors (Lipinski definition) is 4. The fraction of sp³-hybridized carbons (Fsp3) is 0.375. The molecule has 2 rings (SSSR count). The minimum absolute atomic E-state index is 0.0157. The van der Waals surface area contributed by atoms with Gasteiger partial charge in [0.05, 0.1) is 0 Å². The summed E-state index contributed by atoms with van der Waals surface area (Å²) in [7, 11) is -4.26. The van der Waals surface area contributed by atoms with E-state index in [4.69, 9.17) is 10.3 Å². The van der Waals surface area contributed by atoms with Crippen molar-refractivity contribution in [3.63, 3.8) is 0 Å². The molecular formula is C16H23NO4S. The number of fused-ring (bicyclic) bond motifs is 1. The van der Waals surface area contributed by atoms with Gasteiger partial charge in [-0.05, 0) is 25.1 Å². The average Bonchev–Trinajstić information content (AvgIpc) is 2.48. The van der Waals surface area contributed by atoms with Crippen molar-refractivity contribution in [1.29, 1.82) is 0 Å². The lowest BCUT2D eigenvalue weighted by Gasteiger charge is -2.04. The predicted octanol–water partition coefficient (Wildman–Crippen LogP) is 3.32. The molecule has 0 spiro atoms. The molecule has 0 aliphatic heterocycles. The van der Waals surface area contributed by atoms with Crippen LogP contribution in [0, 0.1) is 0 Å². The first kappa shape index (κ1) is 18.4. The van der Waals surface area contributed by atoms with Crippen molar-refractivity contribution in [3.8, 4) is 5.75 Å². The zero-order chi connectivity index (χ0) is 16.6. The fourth-order valence-electron chi connectivity index (χ4n) is 2.05. The highest BCUT2D eigenvalue weighted by Gasteiger charge is 2.14. The Balaban J connectivity index is 0.000000295. The van der Waals surface area contributed by atoms with E-state index in [1.54, 1.807) is 18.2 Å². The van der Waals surface area contributed by atoms with Crippen LogP contribution in [-0.4, -0.2) is 24.6 Å². The van der Waals surface area contributed by atoms with Crippen molar-refractivity contribution in [2.24, 2.45) is 5.73 Å². The van der Waals surface area contributed by atoms with E-state index in [0.717, 1.165) is 6.54 Å². The molecule has 0 atom stereocenters. The van der Waals surface area contributed by atoms with Crippen LogP contribution in [0.3, 0.4) is 0 Å². The van der Waals surface area contributed by atoms with Crippen LogP contribution in [0.25, 0.3) is 10.8 Å². The number of nitrogens with two attached hydrogens (primary N) is 1. The lowest BCUT2D eigenvalue weighted by molar-refractivity contribution is 0.479. The summed E-state index contributed by atoms with van der Waals surface area (Å²) in [5, 5.41) is 10.2. The molecule has 0 bridgehead atoms. The van der Waals surface area contributed by atoms with Gasteiger partial charge in [-0.2, -0.15) is 8.42 Å². The Morgan fingerprint density at radius 3 is 2.18 bits per heavy atom. The molecule has 122 valence electrons. The molecule has 2 aromatic rings. The SMILES string of the molecule is CCCCCCN.O=S(=O)(O)c1ccc(O)c2ccccc12. The van der Waals surface area contributed by atoms with Crippen LogP contribution >= 0.6 is 0 Å². The number of rotatable bonds is 5. The van der Waals surface area contributed by atoms with Gasteiger partial charge in [0.15, 0.2) is 0 Å². The first-order chi connectivity index (χ1) is 10.4. The van der Waals surface area contributed by atoms with Crippen LogP contribution in [0.4, 0.5) is 0 Å². The molecule has 0 unspecified atom stereocenters. The van der Waals surface area contributed by atoms with E-state index in [9.17, 15) is 13.5 Å². The van der Waals surface area contributed by atoms with Crippen LogP contribution in [0.1, 0.15) is 32.6 Å². The minimum Gasteiger partial charge on any atom is -0.507 e. The summed E-state index contributed by atoms with van der Waals surface area (Å²) >= 11 is 0. The number of hydrogen-bond donors (Lipinski definition) is 3. The maximum atomic E-state index is 11.0. The highest BCUT2D eigenvalue weighted by Crippen LogP contribution is 2.29. The summed E-state index contributed by atoms with van der Waals surface area (Å²) in [5.74, 6) is -0.0157. The van der Waals surface area contributed by atoms with E-state index in [-0.39, 0.29) is 10.6 Å². The van der Waals surface area contributed by atoms with E-state index >= 15 is 0 Å². The molecule has 0 aliphatic carbocycles. The van der Waals surface area contributed by atoms with Gasteiger partial charge in [0, 0.05) is 10.8 Å². The Morgan fingerprint density at radius 2 is 1.64 bits per heavy atom. The van der Waals surface area contributed by atoms with Crippen LogP contribution in [-0.2, 0) is 10.1 Å². The molecule has 22 heavy (non-hydrogen) atoms. The van der Waals surface area contributed by atoms with Gasteiger partial charge in [0.25, 0.3) is 10.1 Å². The van der Waals surface area contributed by atoms with E-state index in [1.807, 2.05) is 0 Å². The zero-order valence-corrected chi connectivity index (χ0v) is 13.5. The van der Waals surface area contributed by atoms with Crippen LogP contribution < -0.4 is 5.73 Å². The predicted molar refractivity (Wildman–Crippen MR) is 88.6 cm³/mol. The second kappa shape index (κ2) is 8.73. The largest absolute Gasteiger partial charge is 0.507 e. The highest BCUT2D eigenvalue weighted by atomic mass is 32.2. The van der Waals surface area contributed by atoms with E-state index in [2.05, 4.69) is 6.92 Å². The molecule has 4 N–H and O–H groups in total. The maximum Gasteiger partial charge on any atom is 0.295 e. The second-order valence-electron chi connectivity index (χ2n) is 4.95. The first-order valence-electron chi connectivity index (χ1n) is 7.30. The van der Waals surface area contributed by atoms with E-state index in [0.29, 0.717) is 10.8 Å². The highest BCUT2D eigenvalue weighted by molar-refractivity contribution is 7.86. The number of benzene rings is 2. The Labute approximate surface area is 131 Å². The quantitative estimate of drug-likeness (QED) is 0.578. The molecule has 6 heteroatoms. The van der Waals surface area contributed by atoms with Gasteiger partial charge < -0.3 is 10.8 Å². The van der Waals surface area contributed by atoms with Crippen molar-refractivity contribution >= 4 is 20.9 Å². The summed E-state index contributed by atoms with van der Waals surface area (Å²) < 4.78 is 31.0. The van der Waals surface area contributed by atoms with Gasteiger partial charge in [0.1, 0.15) is 10.6 Å². The fourth-order valence-corrected chi connectivity index (χ4v) is 2.75. The van der Waals surface area contributed by atoms with Crippen molar-refractivity contribution in [3.05, 3.63) is 36.4 Å². The summed E-state index contributed by atoms with van der Waals surface area (Å²) in [6.07, 6.45) is 5.16. The number of unbranched alkanes of at least 4 members (excludes halogenated alkanes) is 3. The number of phenols is 1. The second-order valence-corrected chi connectivity index (χ2v) is 6.34. The molecule has 2 aromatic carbocycles. The van der Waals surface area contributed by atoms with Gasteiger partial charge in [0.2, 0.25) is 0 Å². The lowest BCUT2D eigenvalue weighted by atomic mass is 10.1. The van der Waals surface area contributed by atoms with Crippen molar-refractivity contribution < 1.29 is 18.1 Å². The molecule has 0 saturated carbocycles. The maximum absolute atomic E-state index is 11.0. The van der Waals surface area contributed by atoms with Gasteiger partial charge >= 0.3 is 0 Å². The molecule has 0 radical (unpaired) electrons. The Hall–Kier alpha value is -1.63. The molecule has 0 heterocycles. The molecule has 0 fully saturated rings. The van der Waals surface area contributed by atoms with E-state index in [1.165, 1.54) is 43.9 Å². The average molecular weight is 325 g/mol. The molecule has 0 aliphatic rings. The molecule has 0 amide bonds. The van der Waals surface area contributed by atoms with Crippen molar-refractivity contribution in [1.82, 2.24) is 0 Å². The van der Waals surface area contributed by atoms with E-state index < -0.39 is 10.1 Å². The summed E-state index contributed by atoms with van der Waals surface area (Å²) in [6, 6.07) is 8.84. The molecule has 5 nitrogen and oxygen atoms in total. The Kier molecular flexibility index (Phi) is 7.31. The third-order valence-electron chi connectivity index (χ3n) is 3.20. The smallest absolute Gasteiger partial charge is 0.295 e. The topological polar surface area (TPSA) is 101 Å². The summed E-state index contributed by atoms with van der Waals surface area (Å²) in [5.41, 5.74) is 5.27. The minimum atomic E-state index is -4.26. The molecule has 0 saturated heterocycles. The third-order valence-corrected chi connectivity index (χ3v) is 4.11. The summed E-state index contributed by atoms with van der Waals surface area (Å²) in [4.78, 5) is -0.198. The summed E-state index contributed by atoms with van der Waals surface area (Å²) in [6.45, 7) is 3.07. The van der Waals surface area contributed by atoms with Crippen molar-refractivity contribution in [2.45, 2.75) is 37.5 Å². The third kappa shape index (κ3) is 5.29. The van der Waals surface area contributed by atoms with Crippen LogP contribution in [0.15, 0.2) is 41.3 Å². The zero-order valence-electron chi connectivity index (χ0n) is 12.7. The standard InChI is InChI=1S/C10H8O4S.C6H15N/c11-9-5-6-10(15(12,13)14)8-4-2-1-3-7(8)9;1-2-3-4-5-6-7/h1-6,11H,(H,12,13,14);2-7H2,1H3. The number of aromatic hydroxyl groups is 1. The molecule has 0 aromatic heterocycles.